The van der Waals surface area contributed by atoms with Crippen LogP contribution < -0.4 is 11.1 Å². The molecule has 4 heteroatoms. The number of fused-ring (bicyclic) bond motifs is 2. The highest BCUT2D eigenvalue weighted by atomic mass is 16.4. The van der Waals surface area contributed by atoms with Crippen LogP contribution in [0.5, 0.6) is 0 Å². The molecule has 0 bridgehead atoms. The van der Waals surface area contributed by atoms with Crippen LogP contribution in [0.25, 0.3) is 21.5 Å². The average Bonchev–Trinajstić information content (AvgIpc) is 2.62. The van der Waals surface area contributed by atoms with Crippen LogP contribution in [0.3, 0.4) is 0 Å². The number of nitrogens with two attached hydrogens (primary N) is 1. The van der Waals surface area contributed by atoms with Gasteiger partial charge < -0.3 is 16.2 Å². The van der Waals surface area contributed by atoms with Crippen LogP contribution >= 0.6 is 0 Å². The average molecular weight is 328 g/mol. The first-order chi connectivity index (χ1) is 12.1. The molecule has 0 aliphatic carbocycles. The topological polar surface area (TPSA) is 75.3 Å². The van der Waals surface area contributed by atoms with Crippen molar-refractivity contribution in [1.29, 1.82) is 0 Å². The van der Waals surface area contributed by atoms with Gasteiger partial charge in [-0.2, -0.15) is 0 Å². The Balaban J connectivity index is 1.99. The monoisotopic (exact) mass is 328 g/mol. The van der Waals surface area contributed by atoms with Gasteiger partial charge in [-0.25, -0.2) is 4.79 Å². The third-order valence-electron chi connectivity index (χ3n) is 4.30. The van der Waals surface area contributed by atoms with Gasteiger partial charge in [-0.05, 0) is 35.0 Å². The molecular weight excluding hydrogens is 312 g/mol. The smallest absolute Gasteiger partial charge is 0.337 e. The highest BCUT2D eigenvalue weighted by Crippen LogP contribution is 2.35. The molecule has 0 fully saturated rings. The van der Waals surface area contributed by atoms with E-state index >= 15 is 0 Å². The molecular formula is C21H16N2O2. The molecule has 4 N–H and O–H groups in total. The van der Waals surface area contributed by atoms with E-state index < -0.39 is 5.97 Å². The van der Waals surface area contributed by atoms with Gasteiger partial charge in [-0.1, -0.05) is 48.5 Å². The van der Waals surface area contributed by atoms with E-state index in [0.29, 0.717) is 11.4 Å². The zero-order valence-electron chi connectivity index (χ0n) is 13.4. The predicted molar refractivity (Wildman–Crippen MR) is 103 cm³/mol. The summed E-state index contributed by atoms with van der Waals surface area (Å²) >= 11 is 0. The third kappa shape index (κ3) is 2.64. The zero-order valence-corrected chi connectivity index (χ0v) is 13.4. The molecule has 122 valence electrons. The zero-order chi connectivity index (χ0) is 17.4. The summed E-state index contributed by atoms with van der Waals surface area (Å²) in [6, 6.07) is 23.1. The number of hydrogen-bond donors (Lipinski definition) is 3. The minimum atomic E-state index is -1.01. The van der Waals surface area contributed by atoms with Crippen molar-refractivity contribution in [1.82, 2.24) is 0 Å². The maximum atomic E-state index is 11.6. The van der Waals surface area contributed by atoms with E-state index in [1.165, 1.54) is 6.07 Å². The summed E-state index contributed by atoms with van der Waals surface area (Å²) in [5, 5.41) is 17.1. The fourth-order valence-electron chi connectivity index (χ4n) is 3.13. The van der Waals surface area contributed by atoms with Gasteiger partial charge in [0.05, 0.1) is 16.9 Å². The molecule has 4 nitrogen and oxygen atoms in total. The molecule has 0 heterocycles. The second-order valence-corrected chi connectivity index (χ2v) is 5.93. The van der Waals surface area contributed by atoms with E-state index in [1.807, 2.05) is 48.5 Å². The van der Waals surface area contributed by atoms with Crippen molar-refractivity contribution in [2.75, 3.05) is 11.1 Å². The lowest BCUT2D eigenvalue weighted by Crippen LogP contribution is -2.04. The van der Waals surface area contributed by atoms with Crippen molar-refractivity contribution in [3.63, 3.8) is 0 Å². The molecule has 4 aromatic rings. The molecule has 0 aliphatic rings. The number of carboxylic acids is 1. The summed E-state index contributed by atoms with van der Waals surface area (Å²) in [7, 11) is 0. The SMILES string of the molecule is Nc1ccc(Nc2c3ccccc3cc3ccccc23)c(C(=O)O)c1. The fourth-order valence-corrected chi connectivity index (χ4v) is 3.13. The van der Waals surface area contributed by atoms with E-state index in [0.717, 1.165) is 27.2 Å². The largest absolute Gasteiger partial charge is 0.478 e. The van der Waals surface area contributed by atoms with Gasteiger partial charge in [-0.3, -0.25) is 0 Å². The Morgan fingerprint density at radius 1 is 0.840 bits per heavy atom. The number of nitrogens with one attached hydrogen (secondary N) is 1. The van der Waals surface area contributed by atoms with E-state index in [-0.39, 0.29) is 5.56 Å². The van der Waals surface area contributed by atoms with Crippen molar-refractivity contribution in [2.24, 2.45) is 0 Å². The van der Waals surface area contributed by atoms with Crippen LogP contribution in [-0.2, 0) is 0 Å². The Morgan fingerprint density at radius 3 is 2.04 bits per heavy atom. The van der Waals surface area contributed by atoms with Crippen LogP contribution in [-0.4, -0.2) is 11.1 Å². The summed E-state index contributed by atoms with van der Waals surface area (Å²) in [5.74, 6) is -1.01. The maximum absolute atomic E-state index is 11.6. The lowest BCUT2D eigenvalue weighted by Gasteiger charge is -2.15. The highest BCUT2D eigenvalue weighted by Gasteiger charge is 2.13. The first-order valence-electron chi connectivity index (χ1n) is 7.94. The van der Waals surface area contributed by atoms with Gasteiger partial charge in [0.15, 0.2) is 0 Å². The number of aromatic carboxylic acids is 1. The second kappa shape index (κ2) is 5.83. The summed E-state index contributed by atoms with van der Waals surface area (Å²) < 4.78 is 0. The Labute approximate surface area is 144 Å². The Hall–Kier alpha value is -3.53. The van der Waals surface area contributed by atoms with Crippen LogP contribution in [0.15, 0.2) is 72.8 Å². The third-order valence-corrected chi connectivity index (χ3v) is 4.30. The molecule has 0 aromatic heterocycles. The summed E-state index contributed by atoms with van der Waals surface area (Å²) in [6.07, 6.45) is 0. The lowest BCUT2D eigenvalue weighted by atomic mass is 10.0. The quantitative estimate of drug-likeness (QED) is 0.365. The second-order valence-electron chi connectivity index (χ2n) is 5.93. The molecule has 0 atom stereocenters. The number of benzene rings is 4. The summed E-state index contributed by atoms with van der Waals surface area (Å²) in [6.45, 7) is 0. The molecule has 0 saturated heterocycles. The summed E-state index contributed by atoms with van der Waals surface area (Å²) in [4.78, 5) is 11.6. The van der Waals surface area contributed by atoms with Crippen LogP contribution in [0, 0.1) is 0 Å². The van der Waals surface area contributed by atoms with Crippen LogP contribution in [0.1, 0.15) is 10.4 Å². The molecule has 0 radical (unpaired) electrons. The first-order valence-corrected chi connectivity index (χ1v) is 7.94. The van der Waals surface area contributed by atoms with E-state index in [4.69, 9.17) is 5.73 Å². The summed E-state index contributed by atoms with van der Waals surface area (Å²) in [5.41, 5.74) is 7.73. The number of hydrogen-bond acceptors (Lipinski definition) is 3. The van der Waals surface area contributed by atoms with E-state index in [1.54, 1.807) is 12.1 Å². The van der Waals surface area contributed by atoms with Crippen molar-refractivity contribution in [3.8, 4) is 0 Å². The van der Waals surface area contributed by atoms with Gasteiger partial charge in [0.25, 0.3) is 0 Å². The Kier molecular flexibility index (Phi) is 3.51. The van der Waals surface area contributed by atoms with Crippen molar-refractivity contribution in [3.05, 3.63) is 78.4 Å². The van der Waals surface area contributed by atoms with Gasteiger partial charge in [0.2, 0.25) is 0 Å². The minimum Gasteiger partial charge on any atom is -0.478 e. The number of rotatable bonds is 3. The molecule has 0 aliphatic heterocycles. The molecule has 25 heavy (non-hydrogen) atoms. The van der Waals surface area contributed by atoms with Gasteiger partial charge in [-0.15, -0.1) is 0 Å². The molecule has 4 rings (SSSR count). The van der Waals surface area contributed by atoms with Crippen molar-refractivity contribution in [2.45, 2.75) is 0 Å². The Morgan fingerprint density at radius 2 is 1.44 bits per heavy atom. The van der Waals surface area contributed by atoms with E-state index in [2.05, 4.69) is 11.4 Å². The molecule has 0 spiro atoms. The molecule has 0 amide bonds. The normalized spacial score (nSPS) is 10.9. The number of carboxylic acid groups (broad SMARTS) is 1. The van der Waals surface area contributed by atoms with Gasteiger partial charge >= 0.3 is 5.97 Å². The number of anilines is 3. The fraction of sp³-hybridized carbons (Fsp3) is 0. The van der Waals surface area contributed by atoms with Crippen LogP contribution in [0.2, 0.25) is 0 Å². The van der Waals surface area contributed by atoms with Crippen molar-refractivity contribution < 1.29 is 9.90 Å². The maximum Gasteiger partial charge on any atom is 0.337 e. The molecule has 4 aromatic carbocycles. The lowest BCUT2D eigenvalue weighted by molar-refractivity contribution is 0.0698. The highest BCUT2D eigenvalue weighted by molar-refractivity contribution is 6.12. The number of carbonyl (C=O) groups is 1. The molecule has 0 saturated carbocycles. The Bertz CT molecular complexity index is 1070. The first kappa shape index (κ1) is 15.0. The van der Waals surface area contributed by atoms with Gasteiger partial charge in [0.1, 0.15) is 0 Å². The molecule has 0 unspecified atom stereocenters. The predicted octanol–water partition coefficient (Wildman–Crippen LogP) is 5.02. The number of nitrogen functional groups attached to an aromatic ring is 1. The minimum absolute atomic E-state index is 0.150. The van der Waals surface area contributed by atoms with Crippen molar-refractivity contribution >= 4 is 44.6 Å². The van der Waals surface area contributed by atoms with Crippen LogP contribution in [0.4, 0.5) is 17.1 Å². The van der Waals surface area contributed by atoms with E-state index in [9.17, 15) is 9.90 Å². The van der Waals surface area contributed by atoms with Gasteiger partial charge in [0, 0.05) is 16.5 Å². The standard InChI is InChI=1S/C21H16N2O2/c22-15-9-10-19(18(12-15)21(24)25)23-20-16-7-3-1-5-13(16)11-14-6-2-4-8-17(14)20/h1-12,23H,22H2,(H,24,25).